The fourth-order valence-electron chi connectivity index (χ4n) is 5.02. The van der Waals surface area contributed by atoms with Gasteiger partial charge in [0.25, 0.3) is 0 Å². The smallest absolute Gasteiger partial charge is 0.235 e. The van der Waals surface area contributed by atoms with Crippen molar-refractivity contribution >= 4 is 22.8 Å². The molecule has 5 rings (SSSR count). The van der Waals surface area contributed by atoms with Gasteiger partial charge in [0.1, 0.15) is 5.69 Å². The van der Waals surface area contributed by atoms with E-state index in [0.29, 0.717) is 24.1 Å². The molecular formula is C20H24N4O3. The summed E-state index contributed by atoms with van der Waals surface area (Å²) in [6, 6.07) is 6.13. The number of hydrogen-bond acceptors (Lipinski definition) is 6. The van der Waals surface area contributed by atoms with Crippen molar-refractivity contribution in [3.63, 3.8) is 0 Å². The molecule has 142 valence electrons. The van der Waals surface area contributed by atoms with Crippen molar-refractivity contribution in [1.82, 2.24) is 20.3 Å². The topological polar surface area (TPSA) is 78.7 Å². The highest BCUT2D eigenvalue weighted by atomic mass is 16.5. The van der Waals surface area contributed by atoms with Gasteiger partial charge in [0.15, 0.2) is 5.58 Å². The molecule has 3 aliphatic heterocycles. The largest absolute Gasteiger partial charge is 0.356 e. The second-order valence-corrected chi connectivity index (χ2v) is 8.34. The first kappa shape index (κ1) is 16.9. The number of rotatable bonds is 3. The predicted molar refractivity (Wildman–Crippen MR) is 98.9 cm³/mol. The number of carbonyl (C=O) groups excluding carboxylic acids is 2. The molecule has 1 unspecified atom stereocenters. The number of imide groups is 1. The molecule has 0 spiro atoms. The third-order valence-electron chi connectivity index (χ3n) is 6.28. The summed E-state index contributed by atoms with van der Waals surface area (Å²) in [6.45, 7) is 5.61. The molecular weight excluding hydrogens is 344 g/mol. The van der Waals surface area contributed by atoms with E-state index in [4.69, 9.17) is 4.52 Å². The van der Waals surface area contributed by atoms with Crippen LogP contribution in [0.4, 0.5) is 0 Å². The summed E-state index contributed by atoms with van der Waals surface area (Å²) >= 11 is 0. The Labute approximate surface area is 157 Å². The van der Waals surface area contributed by atoms with Gasteiger partial charge in [0.2, 0.25) is 11.8 Å². The van der Waals surface area contributed by atoms with Gasteiger partial charge in [0.05, 0.1) is 5.92 Å². The highest BCUT2D eigenvalue weighted by Gasteiger charge is 2.38. The zero-order valence-corrected chi connectivity index (χ0v) is 15.5. The van der Waals surface area contributed by atoms with E-state index in [9.17, 15) is 9.59 Å². The lowest BCUT2D eigenvalue weighted by Crippen LogP contribution is -2.39. The quantitative estimate of drug-likeness (QED) is 0.824. The first-order valence-electron chi connectivity index (χ1n) is 9.69. The Hall–Kier alpha value is -2.25. The zero-order valence-electron chi connectivity index (χ0n) is 15.5. The van der Waals surface area contributed by atoms with Crippen LogP contribution in [0.3, 0.4) is 0 Å². The molecule has 1 aromatic carbocycles. The molecule has 3 saturated heterocycles. The number of amides is 2. The Balaban J connectivity index is 1.36. The number of hydrogen-bond donors (Lipinski definition) is 1. The number of fused-ring (bicyclic) bond motifs is 2. The van der Waals surface area contributed by atoms with Gasteiger partial charge in [-0.2, -0.15) is 0 Å². The lowest BCUT2D eigenvalue weighted by Gasteiger charge is -2.20. The van der Waals surface area contributed by atoms with E-state index in [1.54, 1.807) is 0 Å². The van der Waals surface area contributed by atoms with Crippen molar-refractivity contribution in [3.05, 3.63) is 29.5 Å². The minimum atomic E-state index is -0.416. The normalized spacial score (nSPS) is 29.4. The maximum absolute atomic E-state index is 12.2. The average Bonchev–Trinajstić information content (AvgIpc) is 3.27. The molecule has 2 amide bonds. The maximum atomic E-state index is 12.2. The first-order valence-corrected chi connectivity index (χ1v) is 9.69. The van der Waals surface area contributed by atoms with Crippen molar-refractivity contribution in [1.29, 1.82) is 0 Å². The van der Waals surface area contributed by atoms with Gasteiger partial charge in [-0.25, -0.2) is 0 Å². The molecule has 0 saturated carbocycles. The van der Waals surface area contributed by atoms with Gasteiger partial charge >= 0.3 is 0 Å². The molecule has 0 aliphatic carbocycles. The minimum Gasteiger partial charge on any atom is -0.356 e. The highest BCUT2D eigenvalue weighted by molar-refractivity contribution is 6.02. The van der Waals surface area contributed by atoms with Crippen LogP contribution in [0.2, 0.25) is 0 Å². The molecule has 3 aliphatic rings. The molecule has 7 nitrogen and oxygen atoms in total. The lowest BCUT2D eigenvalue weighted by atomic mass is 9.92. The predicted octanol–water partition coefficient (Wildman–Crippen LogP) is 1.34. The summed E-state index contributed by atoms with van der Waals surface area (Å²) in [5, 5.41) is 7.46. The van der Waals surface area contributed by atoms with Gasteiger partial charge in [-0.05, 0) is 43.0 Å². The summed E-state index contributed by atoms with van der Waals surface area (Å²) in [5.41, 5.74) is 2.56. The molecule has 1 N–H and O–H groups in total. The molecule has 7 heteroatoms. The summed E-state index contributed by atoms with van der Waals surface area (Å²) in [5.74, 6) is 0.667. The number of carbonyl (C=O) groups is 2. The SMILES string of the molecule is CN1C[C@@H]2CN(Cc3ccc4onc(C5CCC(=O)NC5=O)c4c3)C[C@@H]2C1. The summed E-state index contributed by atoms with van der Waals surface area (Å²) in [7, 11) is 2.21. The molecule has 27 heavy (non-hydrogen) atoms. The molecule has 0 bridgehead atoms. The molecule has 1 aromatic heterocycles. The van der Waals surface area contributed by atoms with Crippen LogP contribution in [-0.2, 0) is 16.1 Å². The van der Waals surface area contributed by atoms with Crippen molar-refractivity contribution in [2.24, 2.45) is 11.8 Å². The summed E-state index contributed by atoms with van der Waals surface area (Å²) in [4.78, 5) is 28.6. The van der Waals surface area contributed by atoms with E-state index in [-0.39, 0.29) is 11.8 Å². The first-order chi connectivity index (χ1) is 13.1. The van der Waals surface area contributed by atoms with Crippen molar-refractivity contribution in [3.8, 4) is 0 Å². The van der Waals surface area contributed by atoms with Gasteiger partial charge in [-0.3, -0.25) is 19.8 Å². The van der Waals surface area contributed by atoms with E-state index in [2.05, 4.69) is 39.5 Å². The van der Waals surface area contributed by atoms with Crippen molar-refractivity contribution in [2.75, 3.05) is 33.2 Å². The second kappa shape index (κ2) is 6.42. The standard InChI is InChI=1S/C20H24N4O3/c1-23-8-13-10-24(11-14(13)9-23)7-12-2-4-17-16(6-12)19(22-27-17)15-3-5-18(25)21-20(15)26/h2,4,6,13-15H,3,5,7-11H2,1H3,(H,21,25,26)/t13-,14+,15?. The molecule has 0 radical (unpaired) electrons. The van der Waals surface area contributed by atoms with E-state index in [1.165, 1.54) is 18.7 Å². The Morgan fingerprint density at radius 1 is 1.19 bits per heavy atom. The Morgan fingerprint density at radius 2 is 1.96 bits per heavy atom. The van der Waals surface area contributed by atoms with E-state index in [1.807, 2.05) is 6.07 Å². The van der Waals surface area contributed by atoms with Gasteiger partial charge in [-0.15, -0.1) is 0 Å². The van der Waals surface area contributed by atoms with Gasteiger partial charge in [-0.1, -0.05) is 11.2 Å². The number of likely N-dealkylation sites (tertiary alicyclic amines) is 2. The van der Waals surface area contributed by atoms with Crippen LogP contribution < -0.4 is 5.32 Å². The molecule has 3 fully saturated rings. The number of piperidine rings is 1. The number of nitrogens with one attached hydrogen (secondary N) is 1. The Morgan fingerprint density at radius 3 is 2.70 bits per heavy atom. The highest BCUT2D eigenvalue weighted by Crippen LogP contribution is 2.33. The molecule has 3 atom stereocenters. The van der Waals surface area contributed by atoms with Gasteiger partial charge in [0, 0.05) is 44.5 Å². The van der Waals surface area contributed by atoms with Crippen LogP contribution in [-0.4, -0.2) is 60.0 Å². The van der Waals surface area contributed by atoms with Gasteiger partial charge < -0.3 is 9.42 Å². The second-order valence-electron chi connectivity index (χ2n) is 8.34. The van der Waals surface area contributed by atoms with Crippen LogP contribution >= 0.6 is 0 Å². The third-order valence-corrected chi connectivity index (χ3v) is 6.28. The molecule has 2 aromatic rings. The summed E-state index contributed by atoms with van der Waals surface area (Å²) in [6.07, 6.45) is 0.828. The van der Waals surface area contributed by atoms with Crippen LogP contribution in [0.1, 0.15) is 30.0 Å². The zero-order chi connectivity index (χ0) is 18.5. The Bertz CT molecular complexity index is 894. The fourth-order valence-corrected chi connectivity index (χ4v) is 5.02. The average molecular weight is 368 g/mol. The van der Waals surface area contributed by atoms with Crippen molar-refractivity contribution < 1.29 is 14.1 Å². The Kier molecular flexibility index (Phi) is 4.02. The molecule has 4 heterocycles. The van der Waals surface area contributed by atoms with Crippen LogP contribution in [0, 0.1) is 11.8 Å². The number of nitrogens with zero attached hydrogens (tertiary/aromatic N) is 3. The number of benzene rings is 1. The van der Waals surface area contributed by atoms with Crippen LogP contribution in [0.15, 0.2) is 22.7 Å². The maximum Gasteiger partial charge on any atom is 0.235 e. The van der Waals surface area contributed by atoms with E-state index >= 15 is 0 Å². The summed E-state index contributed by atoms with van der Waals surface area (Å²) < 4.78 is 5.44. The lowest BCUT2D eigenvalue weighted by molar-refractivity contribution is -0.134. The van der Waals surface area contributed by atoms with E-state index in [0.717, 1.165) is 36.9 Å². The fraction of sp³-hybridized carbons (Fsp3) is 0.550. The third kappa shape index (κ3) is 3.04. The minimum absolute atomic E-state index is 0.213. The van der Waals surface area contributed by atoms with Crippen LogP contribution in [0.25, 0.3) is 11.0 Å². The monoisotopic (exact) mass is 368 g/mol. The van der Waals surface area contributed by atoms with E-state index < -0.39 is 5.92 Å². The van der Waals surface area contributed by atoms with Crippen molar-refractivity contribution in [2.45, 2.75) is 25.3 Å². The number of aromatic nitrogens is 1. The van der Waals surface area contributed by atoms with Crippen LogP contribution in [0.5, 0.6) is 0 Å².